The van der Waals surface area contributed by atoms with Crippen molar-refractivity contribution in [3.63, 3.8) is 0 Å². The Labute approximate surface area is 156 Å². The quantitative estimate of drug-likeness (QED) is 0.712. The summed E-state index contributed by atoms with van der Waals surface area (Å²) in [5.41, 5.74) is 4.22. The molecule has 7 heteroatoms. The molecule has 1 aromatic heterocycles. The number of cyclic esters (lactones) is 1. The van der Waals surface area contributed by atoms with E-state index >= 15 is 0 Å². The number of fused-ring (bicyclic) bond motifs is 1. The van der Waals surface area contributed by atoms with Gasteiger partial charge in [-0.05, 0) is 40.9 Å². The van der Waals surface area contributed by atoms with Crippen molar-refractivity contribution in [3.8, 4) is 11.5 Å². The van der Waals surface area contributed by atoms with Gasteiger partial charge in [0.2, 0.25) is 0 Å². The van der Waals surface area contributed by atoms with Crippen LogP contribution in [0, 0.1) is 0 Å². The highest BCUT2D eigenvalue weighted by molar-refractivity contribution is 5.90. The number of carbonyl (C=O) groups is 1. The second-order valence-electron chi connectivity index (χ2n) is 6.62. The SMILES string of the molecule is O=C1OCCN1c1cccc2c1CCN(c1noc(-c3ccccc3)n1)C2. The molecule has 0 spiro atoms. The summed E-state index contributed by atoms with van der Waals surface area (Å²) in [4.78, 5) is 20.3. The lowest BCUT2D eigenvalue weighted by Crippen LogP contribution is -2.33. The fourth-order valence-corrected chi connectivity index (χ4v) is 3.67. The minimum absolute atomic E-state index is 0.267. The summed E-state index contributed by atoms with van der Waals surface area (Å²) >= 11 is 0. The van der Waals surface area contributed by atoms with Crippen molar-refractivity contribution in [2.75, 3.05) is 29.5 Å². The number of hydrogen-bond donors (Lipinski definition) is 0. The van der Waals surface area contributed by atoms with Crippen LogP contribution < -0.4 is 9.80 Å². The fraction of sp³-hybridized carbons (Fsp3) is 0.250. The van der Waals surface area contributed by atoms with Crippen LogP contribution in [0.2, 0.25) is 0 Å². The first-order valence-corrected chi connectivity index (χ1v) is 8.99. The minimum Gasteiger partial charge on any atom is -0.447 e. The zero-order valence-electron chi connectivity index (χ0n) is 14.7. The summed E-state index contributed by atoms with van der Waals surface area (Å²) in [5.74, 6) is 1.11. The Morgan fingerprint density at radius 3 is 2.70 bits per heavy atom. The van der Waals surface area contributed by atoms with Crippen LogP contribution in [0.1, 0.15) is 11.1 Å². The van der Waals surface area contributed by atoms with Gasteiger partial charge in [-0.25, -0.2) is 4.79 Å². The monoisotopic (exact) mass is 362 g/mol. The van der Waals surface area contributed by atoms with Gasteiger partial charge in [0.05, 0.1) is 12.2 Å². The second kappa shape index (κ2) is 6.42. The molecule has 0 aliphatic carbocycles. The molecular formula is C20H18N4O3. The molecule has 0 radical (unpaired) electrons. The molecule has 27 heavy (non-hydrogen) atoms. The zero-order chi connectivity index (χ0) is 18.2. The third-order valence-electron chi connectivity index (χ3n) is 5.01. The number of rotatable bonds is 3. The molecule has 2 aliphatic heterocycles. The van der Waals surface area contributed by atoms with E-state index in [1.165, 1.54) is 11.1 Å². The van der Waals surface area contributed by atoms with Gasteiger partial charge >= 0.3 is 6.09 Å². The van der Waals surface area contributed by atoms with Gasteiger partial charge in [-0.15, -0.1) is 0 Å². The van der Waals surface area contributed by atoms with Crippen molar-refractivity contribution in [1.82, 2.24) is 10.1 Å². The summed E-state index contributed by atoms with van der Waals surface area (Å²) < 4.78 is 10.5. The molecule has 0 atom stereocenters. The van der Waals surface area contributed by atoms with Crippen molar-refractivity contribution < 1.29 is 14.1 Å². The normalized spacial score (nSPS) is 16.4. The molecule has 3 aromatic rings. The molecule has 1 amide bonds. The van der Waals surface area contributed by atoms with Gasteiger partial charge in [0.15, 0.2) is 0 Å². The van der Waals surface area contributed by atoms with Crippen LogP contribution >= 0.6 is 0 Å². The van der Waals surface area contributed by atoms with E-state index in [1.54, 1.807) is 4.90 Å². The maximum Gasteiger partial charge on any atom is 0.414 e. The Morgan fingerprint density at radius 2 is 1.89 bits per heavy atom. The van der Waals surface area contributed by atoms with Crippen LogP contribution in [0.5, 0.6) is 0 Å². The Bertz CT molecular complexity index is 986. The molecule has 2 aromatic carbocycles. The minimum atomic E-state index is -0.267. The highest BCUT2D eigenvalue weighted by Crippen LogP contribution is 2.32. The first-order valence-electron chi connectivity index (χ1n) is 8.99. The van der Waals surface area contributed by atoms with Gasteiger partial charge in [0.1, 0.15) is 6.61 Å². The highest BCUT2D eigenvalue weighted by atomic mass is 16.6. The van der Waals surface area contributed by atoms with Gasteiger partial charge in [-0.1, -0.05) is 30.3 Å². The molecule has 3 heterocycles. The first kappa shape index (κ1) is 15.9. The zero-order valence-corrected chi connectivity index (χ0v) is 14.7. The standard InChI is InChI=1S/C20H18N4O3/c25-20-24(11-12-26-20)17-8-4-7-15-13-23(10-9-16(15)17)19-21-18(27-22-19)14-5-2-1-3-6-14/h1-8H,9-13H2. The van der Waals surface area contributed by atoms with E-state index in [9.17, 15) is 4.79 Å². The summed E-state index contributed by atoms with van der Waals surface area (Å²) in [6.45, 7) is 2.49. The van der Waals surface area contributed by atoms with Gasteiger partial charge in [0, 0.05) is 18.7 Å². The summed E-state index contributed by atoms with van der Waals surface area (Å²) in [7, 11) is 0. The molecule has 2 aliphatic rings. The smallest absolute Gasteiger partial charge is 0.414 e. The number of ether oxygens (including phenoxy) is 1. The average molecular weight is 362 g/mol. The van der Waals surface area contributed by atoms with Crippen LogP contribution in [0.3, 0.4) is 0 Å². The average Bonchev–Trinajstić information content (AvgIpc) is 3.37. The maximum atomic E-state index is 11.9. The number of anilines is 2. The largest absolute Gasteiger partial charge is 0.447 e. The third-order valence-corrected chi connectivity index (χ3v) is 5.01. The van der Waals surface area contributed by atoms with Gasteiger partial charge in [-0.2, -0.15) is 4.98 Å². The summed E-state index contributed by atoms with van der Waals surface area (Å²) in [6.07, 6.45) is 0.543. The molecule has 0 bridgehead atoms. The van der Waals surface area contributed by atoms with E-state index < -0.39 is 0 Å². The maximum absolute atomic E-state index is 11.9. The molecule has 0 unspecified atom stereocenters. The number of nitrogens with zero attached hydrogens (tertiary/aromatic N) is 4. The molecule has 0 N–H and O–H groups in total. The van der Waals surface area contributed by atoms with E-state index in [0.29, 0.717) is 31.5 Å². The van der Waals surface area contributed by atoms with Gasteiger partial charge in [0.25, 0.3) is 11.8 Å². The Hall–Kier alpha value is -3.35. The van der Waals surface area contributed by atoms with Crippen molar-refractivity contribution in [2.24, 2.45) is 0 Å². The highest BCUT2D eigenvalue weighted by Gasteiger charge is 2.29. The molecular weight excluding hydrogens is 344 g/mol. The number of hydrogen-bond acceptors (Lipinski definition) is 6. The fourth-order valence-electron chi connectivity index (χ4n) is 3.67. The number of amides is 1. The van der Waals surface area contributed by atoms with Crippen LogP contribution in [-0.2, 0) is 17.7 Å². The lowest BCUT2D eigenvalue weighted by molar-refractivity contribution is 0.181. The Kier molecular flexibility index (Phi) is 3.78. The molecule has 7 nitrogen and oxygen atoms in total. The summed E-state index contributed by atoms with van der Waals surface area (Å²) in [5, 5.41) is 4.16. The van der Waals surface area contributed by atoms with Gasteiger partial charge < -0.3 is 14.2 Å². The van der Waals surface area contributed by atoms with Crippen LogP contribution in [0.15, 0.2) is 53.1 Å². The van der Waals surface area contributed by atoms with Gasteiger partial charge in [-0.3, -0.25) is 4.90 Å². The van der Waals surface area contributed by atoms with Crippen molar-refractivity contribution >= 4 is 17.7 Å². The van der Waals surface area contributed by atoms with Crippen molar-refractivity contribution in [3.05, 3.63) is 59.7 Å². The van der Waals surface area contributed by atoms with Crippen molar-refractivity contribution in [1.29, 1.82) is 0 Å². The topological polar surface area (TPSA) is 71.7 Å². The Morgan fingerprint density at radius 1 is 1.00 bits per heavy atom. The lowest BCUT2D eigenvalue weighted by Gasteiger charge is -2.30. The molecule has 0 saturated carbocycles. The second-order valence-corrected chi connectivity index (χ2v) is 6.62. The van der Waals surface area contributed by atoms with E-state index in [0.717, 1.165) is 24.2 Å². The molecule has 1 saturated heterocycles. The lowest BCUT2D eigenvalue weighted by atomic mass is 9.97. The number of aromatic nitrogens is 2. The Balaban J connectivity index is 1.41. The predicted octanol–water partition coefficient (Wildman–Crippen LogP) is 3.26. The predicted molar refractivity (Wildman–Crippen MR) is 99.6 cm³/mol. The van der Waals surface area contributed by atoms with Crippen LogP contribution in [0.4, 0.5) is 16.4 Å². The van der Waals surface area contributed by atoms with E-state index in [2.05, 4.69) is 21.1 Å². The molecule has 136 valence electrons. The molecule has 5 rings (SSSR count). The van der Waals surface area contributed by atoms with E-state index in [1.807, 2.05) is 42.5 Å². The van der Waals surface area contributed by atoms with E-state index in [-0.39, 0.29) is 6.09 Å². The first-order chi connectivity index (χ1) is 13.3. The third kappa shape index (κ3) is 2.81. The number of benzene rings is 2. The van der Waals surface area contributed by atoms with Crippen molar-refractivity contribution in [2.45, 2.75) is 13.0 Å². The van der Waals surface area contributed by atoms with Crippen LogP contribution in [0.25, 0.3) is 11.5 Å². The molecule has 1 fully saturated rings. The summed E-state index contributed by atoms with van der Waals surface area (Å²) in [6, 6.07) is 15.8. The van der Waals surface area contributed by atoms with Crippen LogP contribution in [-0.4, -0.2) is 35.9 Å². The number of carbonyl (C=O) groups excluding carboxylic acids is 1. The van der Waals surface area contributed by atoms with E-state index in [4.69, 9.17) is 9.26 Å².